The van der Waals surface area contributed by atoms with E-state index in [1.54, 1.807) is 0 Å². The molecular weight excluding hydrogens is 446 g/mol. The Labute approximate surface area is 190 Å². The van der Waals surface area contributed by atoms with Gasteiger partial charge in [0.05, 0.1) is 6.04 Å². The van der Waals surface area contributed by atoms with E-state index in [4.69, 9.17) is 27.4 Å². The molecule has 32 heavy (non-hydrogen) atoms. The SMILES string of the molecule is CC(NC(=O)C(CS)NC(=O)C(CCC(=O)O)NC(=O)C(N)CCCN=C(N)N)C(=O)O. The molecule has 15 heteroatoms. The summed E-state index contributed by atoms with van der Waals surface area (Å²) in [6.07, 6.45) is -0.112. The van der Waals surface area contributed by atoms with Gasteiger partial charge in [0.2, 0.25) is 17.7 Å². The molecule has 0 heterocycles. The van der Waals surface area contributed by atoms with E-state index in [2.05, 4.69) is 33.6 Å². The van der Waals surface area contributed by atoms with Crippen molar-refractivity contribution in [1.82, 2.24) is 16.0 Å². The van der Waals surface area contributed by atoms with Gasteiger partial charge < -0.3 is 43.4 Å². The summed E-state index contributed by atoms with van der Waals surface area (Å²) in [6, 6.07) is -4.73. The van der Waals surface area contributed by atoms with Crippen molar-refractivity contribution in [3.8, 4) is 0 Å². The molecule has 0 aromatic heterocycles. The smallest absolute Gasteiger partial charge is 0.325 e. The minimum absolute atomic E-state index is 0.103. The van der Waals surface area contributed by atoms with Crippen LogP contribution in [0.1, 0.15) is 32.6 Å². The number of aliphatic imine (C=N–C) groups is 1. The lowest BCUT2D eigenvalue weighted by Gasteiger charge is -2.23. The number of carboxylic acids is 2. The van der Waals surface area contributed by atoms with Gasteiger partial charge in [0.25, 0.3) is 0 Å². The molecule has 4 unspecified atom stereocenters. The number of hydrogen-bond donors (Lipinski definition) is 9. The standard InChI is InChI=1S/C17H31N7O7S/c1-8(16(30)31)22-15(29)11(7-32)24-14(28)10(4-5-12(25)26)23-13(27)9(18)3-2-6-21-17(19)20/h8-11,32H,2-7,18H2,1H3,(H,22,29)(H,23,27)(H,24,28)(H,25,26)(H,30,31)(H4,19,20,21). The number of rotatable bonds is 15. The first kappa shape index (κ1) is 28.9. The molecule has 0 aromatic rings. The van der Waals surface area contributed by atoms with Gasteiger partial charge in [-0.3, -0.25) is 29.0 Å². The van der Waals surface area contributed by atoms with E-state index in [0.717, 1.165) is 0 Å². The summed E-state index contributed by atoms with van der Waals surface area (Å²) in [5.74, 6) is -5.10. The molecule has 0 fully saturated rings. The van der Waals surface area contributed by atoms with Gasteiger partial charge in [0.1, 0.15) is 18.1 Å². The number of nitrogens with zero attached hydrogens (tertiary/aromatic N) is 1. The summed E-state index contributed by atoms with van der Waals surface area (Å²) in [5, 5.41) is 24.7. The third kappa shape index (κ3) is 11.9. The van der Waals surface area contributed by atoms with Gasteiger partial charge in [-0.1, -0.05) is 0 Å². The Morgan fingerprint density at radius 2 is 1.50 bits per heavy atom. The van der Waals surface area contributed by atoms with Gasteiger partial charge in [0, 0.05) is 18.7 Å². The molecule has 0 aromatic carbocycles. The number of thiol groups is 1. The van der Waals surface area contributed by atoms with Gasteiger partial charge in [-0.2, -0.15) is 12.6 Å². The van der Waals surface area contributed by atoms with E-state index < -0.39 is 60.2 Å². The number of carbonyl (C=O) groups is 5. The fourth-order valence-electron chi connectivity index (χ4n) is 2.31. The number of aliphatic carboxylic acids is 2. The van der Waals surface area contributed by atoms with Crippen LogP contribution in [0.25, 0.3) is 0 Å². The lowest BCUT2D eigenvalue weighted by molar-refractivity contribution is -0.141. The predicted octanol–water partition coefficient (Wildman–Crippen LogP) is -3.28. The highest BCUT2D eigenvalue weighted by molar-refractivity contribution is 7.80. The number of hydrogen-bond acceptors (Lipinski definition) is 8. The van der Waals surface area contributed by atoms with E-state index >= 15 is 0 Å². The van der Waals surface area contributed by atoms with E-state index in [9.17, 15) is 24.0 Å². The Balaban J connectivity index is 5.09. The Kier molecular flexibility index (Phi) is 13.4. The zero-order chi connectivity index (χ0) is 24.8. The summed E-state index contributed by atoms with van der Waals surface area (Å²) in [5.41, 5.74) is 16.2. The van der Waals surface area contributed by atoms with Gasteiger partial charge >= 0.3 is 11.9 Å². The van der Waals surface area contributed by atoms with Gasteiger partial charge in [0.15, 0.2) is 5.96 Å². The molecule has 4 atom stereocenters. The van der Waals surface area contributed by atoms with E-state index in [-0.39, 0.29) is 31.1 Å². The van der Waals surface area contributed by atoms with Gasteiger partial charge in [-0.15, -0.1) is 0 Å². The Morgan fingerprint density at radius 1 is 0.938 bits per heavy atom. The highest BCUT2D eigenvalue weighted by Gasteiger charge is 2.29. The molecule has 0 aliphatic heterocycles. The molecule has 0 bridgehead atoms. The first-order valence-corrected chi connectivity index (χ1v) is 10.3. The van der Waals surface area contributed by atoms with Crippen LogP contribution < -0.4 is 33.2 Å². The minimum atomic E-state index is -1.30. The molecule has 0 saturated carbocycles. The average Bonchev–Trinajstić information content (AvgIpc) is 2.71. The normalized spacial score (nSPS) is 14.2. The van der Waals surface area contributed by atoms with Crippen LogP contribution in [0.4, 0.5) is 0 Å². The topological polar surface area (TPSA) is 252 Å². The third-order valence-electron chi connectivity index (χ3n) is 4.13. The van der Waals surface area contributed by atoms with Crippen molar-refractivity contribution < 1.29 is 34.2 Å². The number of guanidine groups is 1. The van der Waals surface area contributed by atoms with Crippen molar-refractivity contribution in [2.24, 2.45) is 22.2 Å². The summed E-state index contributed by atoms with van der Waals surface area (Å²) in [7, 11) is 0. The van der Waals surface area contributed by atoms with Crippen LogP contribution in [0, 0.1) is 0 Å². The van der Waals surface area contributed by atoms with Crippen LogP contribution in [-0.4, -0.2) is 82.3 Å². The number of carboxylic acid groups (broad SMARTS) is 2. The van der Waals surface area contributed by atoms with Crippen LogP contribution >= 0.6 is 12.6 Å². The fraction of sp³-hybridized carbons (Fsp3) is 0.647. The number of nitrogens with one attached hydrogen (secondary N) is 3. The lowest BCUT2D eigenvalue weighted by Crippen LogP contribution is -2.57. The summed E-state index contributed by atoms with van der Waals surface area (Å²) in [6.45, 7) is 1.49. The maximum atomic E-state index is 12.6. The highest BCUT2D eigenvalue weighted by atomic mass is 32.1. The molecule has 0 aliphatic carbocycles. The van der Waals surface area contributed by atoms with Crippen molar-refractivity contribution in [1.29, 1.82) is 0 Å². The average molecular weight is 478 g/mol. The molecule has 0 aliphatic rings. The molecule has 0 saturated heterocycles. The maximum absolute atomic E-state index is 12.6. The quantitative estimate of drug-likeness (QED) is 0.0492. The van der Waals surface area contributed by atoms with Crippen LogP contribution in [0.5, 0.6) is 0 Å². The Morgan fingerprint density at radius 3 is 2.00 bits per heavy atom. The zero-order valence-corrected chi connectivity index (χ0v) is 18.5. The van der Waals surface area contributed by atoms with Crippen molar-refractivity contribution in [2.75, 3.05) is 12.3 Å². The molecule has 3 amide bonds. The largest absolute Gasteiger partial charge is 0.481 e. The minimum Gasteiger partial charge on any atom is -0.481 e. The van der Waals surface area contributed by atoms with Gasteiger partial charge in [-0.05, 0) is 26.2 Å². The second-order valence-electron chi connectivity index (χ2n) is 6.86. The van der Waals surface area contributed by atoms with Crippen molar-refractivity contribution >= 4 is 48.2 Å². The second kappa shape index (κ2) is 14.9. The van der Waals surface area contributed by atoms with Crippen molar-refractivity contribution in [3.63, 3.8) is 0 Å². The first-order valence-electron chi connectivity index (χ1n) is 9.66. The molecular formula is C17H31N7O7S. The van der Waals surface area contributed by atoms with E-state index in [1.807, 2.05) is 0 Å². The fourth-order valence-corrected chi connectivity index (χ4v) is 2.57. The number of amides is 3. The number of nitrogens with two attached hydrogens (primary N) is 3. The Bertz CT molecular complexity index is 715. The number of carbonyl (C=O) groups excluding carboxylic acids is 3. The second-order valence-corrected chi connectivity index (χ2v) is 7.23. The molecule has 0 rings (SSSR count). The molecule has 0 spiro atoms. The Hall–Kier alpha value is -3.07. The van der Waals surface area contributed by atoms with Gasteiger partial charge in [-0.25, -0.2) is 0 Å². The van der Waals surface area contributed by atoms with E-state index in [0.29, 0.717) is 6.42 Å². The van der Waals surface area contributed by atoms with Crippen LogP contribution in [-0.2, 0) is 24.0 Å². The van der Waals surface area contributed by atoms with Crippen LogP contribution in [0.15, 0.2) is 4.99 Å². The van der Waals surface area contributed by atoms with Crippen LogP contribution in [0.2, 0.25) is 0 Å². The summed E-state index contributed by atoms with van der Waals surface area (Å²) >= 11 is 3.97. The summed E-state index contributed by atoms with van der Waals surface area (Å²) in [4.78, 5) is 62.7. The maximum Gasteiger partial charge on any atom is 0.325 e. The first-order chi connectivity index (χ1) is 14.9. The zero-order valence-electron chi connectivity index (χ0n) is 17.6. The predicted molar refractivity (Wildman–Crippen MR) is 118 cm³/mol. The summed E-state index contributed by atoms with van der Waals surface area (Å²) < 4.78 is 0. The molecule has 11 N–H and O–H groups in total. The van der Waals surface area contributed by atoms with Crippen LogP contribution in [0.3, 0.4) is 0 Å². The molecule has 14 nitrogen and oxygen atoms in total. The highest BCUT2D eigenvalue weighted by Crippen LogP contribution is 2.03. The lowest BCUT2D eigenvalue weighted by atomic mass is 10.1. The monoisotopic (exact) mass is 477 g/mol. The third-order valence-corrected chi connectivity index (χ3v) is 4.49. The molecule has 0 radical (unpaired) electrons. The molecule has 182 valence electrons. The van der Waals surface area contributed by atoms with E-state index in [1.165, 1.54) is 6.92 Å². The van der Waals surface area contributed by atoms with Crippen molar-refractivity contribution in [3.05, 3.63) is 0 Å². The van der Waals surface area contributed by atoms with Crippen molar-refractivity contribution in [2.45, 2.75) is 56.8 Å².